The van der Waals surface area contributed by atoms with E-state index in [0.29, 0.717) is 0 Å². The van der Waals surface area contributed by atoms with E-state index in [1.54, 1.807) is 0 Å². The van der Waals surface area contributed by atoms with Crippen molar-refractivity contribution >= 4 is 12.2 Å². The lowest BCUT2D eigenvalue weighted by molar-refractivity contribution is -0.939. The number of aromatic nitrogens is 3. The molecule has 1 aromatic heterocycles. The van der Waals surface area contributed by atoms with Gasteiger partial charge in [-0.2, -0.15) is 4.68 Å². The molecule has 1 aliphatic rings. The number of aryl methyl sites for hydroxylation is 1. The smallest absolute Gasteiger partial charge is 0.203 e. The Morgan fingerprint density at radius 1 is 1.08 bits per heavy atom. The lowest BCUT2D eigenvalue weighted by atomic mass is 10.0. The molecular weight excluding hydrogens is 340 g/mol. The predicted molar refractivity (Wildman–Crippen MR) is 107 cm³/mol. The number of nitrogens with one attached hydrogen (secondary N) is 1. The first-order valence-electron chi connectivity index (χ1n) is 9.31. The molecule has 0 radical (unpaired) electrons. The molecule has 1 atom stereocenters. The van der Waals surface area contributed by atoms with Gasteiger partial charge in [-0.05, 0) is 37.2 Å². The summed E-state index contributed by atoms with van der Waals surface area (Å²) in [6.45, 7) is 8.08. The van der Waals surface area contributed by atoms with Gasteiger partial charge in [0.1, 0.15) is 6.54 Å². The van der Waals surface area contributed by atoms with Crippen LogP contribution in [0.25, 0.3) is 11.4 Å². The Kier molecular flexibility index (Phi) is 4.74. The van der Waals surface area contributed by atoms with Crippen molar-refractivity contribution in [2.24, 2.45) is 0 Å². The number of hydrogen-bond acceptors (Lipinski definition) is 2. The monoisotopic (exact) mass is 365 g/mol. The molecule has 4 rings (SSSR count). The van der Waals surface area contributed by atoms with E-state index in [9.17, 15) is 0 Å². The van der Waals surface area contributed by atoms with Crippen LogP contribution >= 0.6 is 12.2 Å². The molecule has 1 N–H and O–H groups in total. The van der Waals surface area contributed by atoms with Crippen molar-refractivity contribution in [3.63, 3.8) is 0 Å². The quantitative estimate of drug-likeness (QED) is 0.720. The van der Waals surface area contributed by atoms with Crippen LogP contribution < -0.4 is 4.90 Å². The average Bonchev–Trinajstić information content (AvgIpc) is 2.97. The molecule has 1 unspecified atom stereocenters. The highest BCUT2D eigenvalue weighted by Crippen LogP contribution is 2.22. The Bertz CT molecular complexity index is 986. The van der Waals surface area contributed by atoms with Crippen molar-refractivity contribution in [1.82, 2.24) is 14.3 Å². The summed E-state index contributed by atoms with van der Waals surface area (Å²) in [5, 5.41) is 4.92. The van der Waals surface area contributed by atoms with E-state index in [1.165, 1.54) is 21.6 Å². The molecule has 2 heterocycles. The van der Waals surface area contributed by atoms with Gasteiger partial charge in [-0.25, -0.2) is 0 Å². The first-order valence-corrected chi connectivity index (χ1v) is 9.72. The summed E-state index contributed by atoms with van der Waals surface area (Å²) < 4.78 is 4.98. The molecule has 2 aromatic carbocycles. The van der Waals surface area contributed by atoms with Crippen molar-refractivity contribution in [3.05, 3.63) is 70.0 Å². The highest BCUT2D eigenvalue weighted by molar-refractivity contribution is 7.71. The SMILES string of the molecule is CCn1c(-c2ccccc2C)nn(C[NH+]2CCc3ccccc3C2)c1=S. The highest BCUT2D eigenvalue weighted by atomic mass is 32.1. The van der Waals surface area contributed by atoms with E-state index in [2.05, 4.69) is 66.9 Å². The summed E-state index contributed by atoms with van der Waals surface area (Å²) in [6, 6.07) is 17.2. The van der Waals surface area contributed by atoms with Crippen LogP contribution in [0.4, 0.5) is 0 Å². The fourth-order valence-electron chi connectivity index (χ4n) is 3.84. The van der Waals surface area contributed by atoms with E-state index >= 15 is 0 Å². The van der Waals surface area contributed by atoms with E-state index in [-0.39, 0.29) is 0 Å². The normalized spacial score (nSPS) is 16.5. The summed E-state index contributed by atoms with van der Waals surface area (Å²) in [7, 11) is 0. The van der Waals surface area contributed by atoms with Gasteiger partial charge in [0.15, 0.2) is 12.5 Å². The first kappa shape index (κ1) is 17.2. The number of nitrogens with zero attached hydrogens (tertiary/aromatic N) is 3. The third kappa shape index (κ3) is 3.13. The van der Waals surface area contributed by atoms with Crippen molar-refractivity contribution < 1.29 is 4.90 Å². The average molecular weight is 366 g/mol. The van der Waals surface area contributed by atoms with Crippen LogP contribution in [0.3, 0.4) is 0 Å². The zero-order chi connectivity index (χ0) is 18.1. The molecule has 0 saturated heterocycles. The van der Waals surface area contributed by atoms with E-state index in [0.717, 1.165) is 48.9 Å². The van der Waals surface area contributed by atoms with Crippen LogP contribution in [0, 0.1) is 11.7 Å². The maximum absolute atomic E-state index is 5.75. The summed E-state index contributed by atoms with van der Waals surface area (Å²) in [6.07, 6.45) is 1.12. The Morgan fingerprint density at radius 2 is 1.81 bits per heavy atom. The van der Waals surface area contributed by atoms with Crippen LogP contribution in [-0.4, -0.2) is 20.9 Å². The van der Waals surface area contributed by atoms with Gasteiger partial charge in [0.05, 0.1) is 6.54 Å². The summed E-state index contributed by atoms with van der Waals surface area (Å²) in [4.78, 5) is 1.51. The van der Waals surface area contributed by atoms with Gasteiger partial charge in [0, 0.05) is 24.1 Å². The maximum atomic E-state index is 5.75. The molecule has 0 fully saturated rings. The molecule has 0 aliphatic carbocycles. The fourth-order valence-corrected chi connectivity index (χ4v) is 4.16. The minimum atomic E-state index is 0.817. The first-order chi connectivity index (χ1) is 12.7. The van der Waals surface area contributed by atoms with Crippen LogP contribution in [0.1, 0.15) is 23.6 Å². The van der Waals surface area contributed by atoms with Gasteiger partial charge in [0.2, 0.25) is 4.77 Å². The predicted octanol–water partition coefficient (Wildman–Crippen LogP) is 3.01. The Morgan fingerprint density at radius 3 is 2.58 bits per heavy atom. The molecule has 0 saturated carbocycles. The topological polar surface area (TPSA) is 27.2 Å². The Hall–Kier alpha value is -2.24. The van der Waals surface area contributed by atoms with E-state index in [4.69, 9.17) is 17.3 Å². The van der Waals surface area contributed by atoms with Crippen molar-refractivity contribution in [2.75, 3.05) is 6.54 Å². The number of hydrogen-bond donors (Lipinski definition) is 1. The highest BCUT2D eigenvalue weighted by Gasteiger charge is 2.21. The third-order valence-electron chi connectivity index (χ3n) is 5.31. The number of quaternary nitrogens is 1. The second-order valence-corrected chi connectivity index (χ2v) is 7.38. The standard InChI is InChI=1S/C21H24N4S/c1-3-24-20(19-11-7-4-8-16(19)2)22-25(21(24)26)15-23-13-12-17-9-5-6-10-18(17)14-23/h4-11H,3,12-15H2,1-2H3/p+1. The van der Waals surface area contributed by atoms with E-state index < -0.39 is 0 Å². The van der Waals surface area contributed by atoms with Crippen molar-refractivity contribution in [1.29, 1.82) is 0 Å². The number of rotatable bonds is 4. The number of fused-ring (bicyclic) bond motifs is 1. The summed E-state index contributed by atoms with van der Waals surface area (Å²) in [5.41, 5.74) is 5.33. The molecule has 5 heteroatoms. The zero-order valence-electron chi connectivity index (χ0n) is 15.4. The zero-order valence-corrected chi connectivity index (χ0v) is 16.2. The second-order valence-electron chi connectivity index (χ2n) is 7.02. The molecule has 3 aromatic rings. The molecule has 0 spiro atoms. The fraction of sp³-hybridized carbons (Fsp3) is 0.333. The third-order valence-corrected chi connectivity index (χ3v) is 5.74. The summed E-state index contributed by atoms with van der Waals surface area (Å²) >= 11 is 5.75. The van der Waals surface area contributed by atoms with Gasteiger partial charge >= 0.3 is 0 Å². The molecule has 134 valence electrons. The van der Waals surface area contributed by atoms with Gasteiger partial charge in [-0.1, -0.05) is 48.5 Å². The Labute approximate surface area is 159 Å². The largest absolute Gasteiger partial charge is 0.312 e. The molecule has 0 bridgehead atoms. The lowest BCUT2D eigenvalue weighted by Gasteiger charge is -2.25. The minimum absolute atomic E-state index is 0.817. The second kappa shape index (κ2) is 7.17. The van der Waals surface area contributed by atoms with Gasteiger partial charge in [-0.15, -0.1) is 5.10 Å². The van der Waals surface area contributed by atoms with Gasteiger partial charge < -0.3 is 9.47 Å². The van der Waals surface area contributed by atoms with Crippen LogP contribution in [0.2, 0.25) is 0 Å². The molecule has 0 amide bonds. The molecule has 1 aliphatic heterocycles. The minimum Gasteiger partial charge on any atom is -0.312 e. The van der Waals surface area contributed by atoms with Gasteiger partial charge in [0.25, 0.3) is 0 Å². The summed E-state index contributed by atoms with van der Waals surface area (Å²) in [5.74, 6) is 0.979. The number of benzene rings is 2. The maximum Gasteiger partial charge on any atom is 0.203 e. The Balaban J connectivity index is 1.64. The van der Waals surface area contributed by atoms with Crippen LogP contribution in [0.5, 0.6) is 0 Å². The molecule has 4 nitrogen and oxygen atoms in total. The molecule has 26 heavy (non-hydrogen) atoms. The van der Waals surface area contributed by atoms with Crippen molar-refractivity contribution in [3.8, 4) is 11.4 Å². The lowest BCUT2D eigenvalue weighted by Crippen LogP contribution is -3.11. The van der Waals surface area contributed by atoms with Crippen molar-refractivity contribution in [2.45, 2.75) is 40.0 Å². The van der Waals surface area contributed by atoms with Crippen LogP contribution in [-0.2, 0) is 26.2 Å². The van der Waals surface area contributed by atoms with E-state index in [1.807, 2.05) is 4.68 Å². The molecular formula is C21H25N4S+. The van der Waals surface area contributed by atoms with Crippen LogP contribution in [0.15, 0.2) is 48.5 Å². The van der Waals surface area contributed by atoms with Gasteiger partial charge in [-0.3, -0.25) is 0 Å².